The molecule has 0 saturated carbocycles. The Labute approximate surface area is 134 Å². The van der Waals surface area contributed by atoms with Gasteiger partial charge in [-0.1, -0.05) is 21.5 Å². The molecule has 0 saturated heterocycles. The van der Waals surface area contributed by atoms with Crippen LogP contribution in [0.25, 0.3) is 0 Å². The summed E-state index contributed by atoms with van der Waals surface area (Å²) in [5.74, 6) is -0.663. The van der Waals surface area contributed by atoms with Gasteiger partial charge in [-0.3, -0.25) is 0 Å². The van der Waals surface area contributed by atoms with Crippen LogP contribution in [0.3, 0.4) is 0 Å². The predicted molar refractivity (Wildman–Crippen MR) is 72.9 cm³/mol. The molecule has 0 aliphatic heterocycles. The zero-order valence-electron chi connectivity index (χ0n) is 12.3. The lowest BCUT2D eigenvalue weighted by atomic mass is 10.1. The maximum Gasteiger partial charge on any atom is 0.519 e. The van der Waals surface area contributed by atoms with Crippen molar-refractivity contribution in [1.82, 2.24) is 0 Å². The molecule has 0 spiro atoms. The van der Waals surface area contributed by atoms with E-state index in [9.17, 15) is 39.0 Å². The standard InChI is InChI=1S/C11H11F6NO4S2/c1-6-4-7(2)9(8(3)5-6)22-24(21,11(15,16)17)18-23(19,20)10(12,13)14/h4-5H,1-3H3. The van der Waals surface area contributed by atoms with Crippen LogP contribution in [0.5, 0.6) is 5.75 Å². The van der Waals surface area contributed by atoms with E-state index in [1.807, 2.05) is 0 Å². The fourth-order valence-electron chi connectivity index (χ4n) is 1.69. The Morgan fingerprint density at radius 2 is 1.29 bits per heavy atom. The lowest BCUT2D eigenvalue weighted by molar-refractivity contribution is -0.0470. The summed E-state index contributed by atoms with van der Waals surface area (Å²) in [6.07, 6.45) is 0. The van der Waals surface area contributed by atoms with Crippen LogP contribution in [0.1, 0.15) is 16.7 Å². The highest BCUT2D eigenvalue weighted by Crippen LogP contribution is 2.36. The number of nitrogens with zero attached hydrogens (tertiary/aromatic N) is 1. The number of aryl methyl sites for hydroxylation is 3. The molecule has 1 aromatic rings. The first kappa shape index (κ1) is 20.5. The first-order valence-corrected chi connectivity index (χ1v) is 8.81. The van der Waals surface area contributed by atoms with E-state index >= 15 is 0 Å². The van der Waals surface area contributed by atoms with Crippen molar-refractivity contribution in [2.75, 3.05) is 0 Å². The average molecular weight is 399 g/mol. The number of alkyl halides is 6. The zero-order chi connectivity index (χ0) is 19.1. The van der Waals surface area contributed by atoms with Crippen molar-refractivity contribution in [2.45, 2.75) is 31.8 Å². The van der Waals surface area contributed by atoms with Gasteiger partial charge in [0.25, 0.3) is 0 Å². The Kier molecular flexibility index (Phi) is 5.22. The third-order valence-electron chi connectivity index (χ3n) is 2.58. The molecular weight excluding hydrogens is 388 g/mol. The summed E-state index contributed by atoms with van der Waals surface area (Å²) < 4.78 is 115. The highest BCUT2D eigenvalue weighted by molar-refractivity contribution is 8.01. The van der Waals surface area contributed by atoms with E-state index in [-0.39, 0.29) is 11.1 Å². The molecule has 1 aromatic carbocycles. The molecule has 0 radical (unpaired) electrons. The van der Waals surface area contributed by atoms with Crippen molar-refractivity contribution < 1.29 is 43.2 Å². The molecule has 138 valence electrons. The Morgan fingerprint density at radius 1 is 0.875 bits per heavy atom. The molecule has 0 aliphatic carbocycles. The van der Waals surface area contributed by atoms with Crippen molar-refractivity contribution in [3.05, 3.63) is 28.8 Å². The third kappa shape index (κ3) is 4.12. The SMILES string of the molecule is Cc1cc(C)c(OS(=O)(=NS(=O)(=O)C(F)(F)F)C(F)(F)F)c(C)c1. The molecule has 0 aliphatic rings. The van der Waals surface area contributed by atoms with Gasteiger partial charge in [0.2, 0.25) is 0 Å². The van der Waals surface area contributed by atoms with Crippen LogP contribution in [0.2, 0.25) is 0 Å². The normalized spacial score (nSPS) is 15.7. The van der Waals surface area contributed by atoms with Gasteiger partial charge in [-0.05, 0) is 31.9 Å². The van der Waals surface area contributed by atoms with E-state index in [0.717, 1.165) is 0 Å². The molecule has 1 unspecified atom stereocenters. The highest BCUT2D eigenvalue weighted by atomic mass is 32.3. The minimum Gasteiger partial charge on any atom is -0.388 e. The minimum atomic E-state index is -6.69. The lowest BCUT2D eigenvalue weighted by Crippen LogP contribution is -2.32. The van der Waals surface area contributed by atoms with Crippen molar-refractivity contribution in [1.29, 1.82) is 0 Å². The van der Waals surface area contributed by atoms with E-state index in [2.05, 4.69) is 4.18 Å². The average Bonchev–Trinajstić information content (AvgIpc) is 2.30. The summed E-state index contributed by atoms with van der Waals surface area (Å²) in [4.78, 5) is 0. The van der Waals surface area contributed by atoms with E-state index in [0.29, 0.717) is 5.56 Å². The summed E-state index contributed by atoms with van der Waals surface area (Å²) in [5, 5.41) is 0. The minimum absolute atomic E-state index is 0.0177. The molecule has 24 heavy (non-hydrogen) atoms. The number of halogens is 6. The lowest BCUT2D eigenvalue weighted by Gasteiger charge is -2.18. The number of hydrogen-bond acceptors (Lipinski definition) is 4. The molecule has 1 rings (SSSR count). The summed E-state index contributed by atoms with van der Waals surface area (Å²) >= 11 is 0. The van der Waals surface area contributed by atoms with Gasteiger partial charge >= 0.3 is 31.0 Å². The number of hydrogen-bond donors (Lipinski definition) is 0. The molecule has 1 atom stereocenters. The number of sulfonamides is 1. The van der Waals surface area contributed by atoms with Gasteiger partial charge in [0, 0.05) is 0 Å². The van der Waals surface area contributed by atoms with Gasteiger partial charge in [-0.15, -0.1) is 0 Å². The van der Waals surface area contributed by atoms with Gasteiger partial charge in [0.05, 0.1) is 0 Å². The third-order valence-corrected chi connectivity index (χ3v) is 5.71. The Hall–Kier alpha value is -1.50. The van der Waals surface area contributed by atoms with Gasteiger partial charge in [0.15, 0.2) is 0 Å². The van der Waals surface area contributed by atoms with Gasteiger partial charge in [-0.25, -0.2) is 0 Å². The van der Waals surface area contributed by atoms with E-state index in [1.54, 1.807) is 6.92 Å². The molecular formula is C11H11F6NO4S2. The van der Waals surface area contributed by atoms with Gasteiger partial charge < -0.3 is 4.18 Å². The van der Waals surface area contributed by atoms with E-state index < -0.39 is 36.8 Å². The second kappa shape index (κ2) is 6.10. The molecule has 0 bridgehead atoms. The number of benzene rings is 1. The monoisotopic (exact) mass is 399 g/mol. The van der Waals surface area contributed by atoms with Crippen molar-refractivity contribution in [3.63, 3.8) is 0 Å². The van der Waals surface area contributed by atoms with E-state index in [4.69, 9.17) is 0 Å². The van der Waals surface area contributed by atoms with Crippen molar-refractivity contribution in [3.8, 4) is 5.75 Å². The van der Waals surface area contributed by atoms with Crippen LogP contribution in [-0.4, -0.2) is 23.6 Å². The summed E-state index contributed by atoms with van der Waals surface area (Å²) in [6, 6.07) is 2.63. The van der Waals surface area contributed by atoms with Crippen LogP contribution >= 0.6 is 0 Å². The molecule has 13 heteroatoms. The summed E-state index contributed by atoms with van der Waals surface area (Å²) in [5.41, 5.74) is -11.5. The highest BCUT2D eigenvalue weighted by Gasteiger charge is 2.54. The molecule has 0 N–H and O–H groups in total. The smallest absolute Gasteiger partial charge is 0.388 e. The second-order valence-electron chi connectivity index (χ2n) is 4.73. The Balaban J connectivity index is 3.67. The van der Waals surface area contributed by atoms with Crippen molar-refractivity contribution in [2.24, 2.45) is 3.77 Å². The van der Waals surface area contributed by atoms with Crippen molar-refractivity contribution >= 4 is 20.0 Å². The molecule has 0 fully saturated rings. The largest absolute Gasteiger partial charge is 0.519 e. The van der Waals surface area contributed by atoms with Gasteiger partial charge in [-0.2, -0.15) is 39.0 Å². The fraction of sp³-hybridized carbons (Fsp3) is 0.455. The summed E-state index contributed by atoms with van der Waals surface area (Å²) in [7, 11) is -12.9. The van der Waals surface area contributed by atoms with E-state index in [1.165, 1.54) is 29.7 Å². The fourth-order valence-corrected chi connectivity index (χ4v) is 4.10. The molecule has 0 heterocycles. The molecule has 0 amide bonds. The maximum absolute atomic E-state index is 12.9. The summed E-state index contributed by atoms with van der Waals surface area (Å²) in [6.45, 7) is 4.09. The van der Waals surface area contributed by atoms with Crippen LogP contribution in [0, 0.1) is 20.8 Å². The van der Waals surface area contributed by atoms with Crippen LogP contribution in [0.4, 0.5) is 26.3 Å². The Bertz CT molecular complexity index is 840. The van der Waals surface area contributed by atoms with Gasteiger partial charge in [0.1, 0.15) is 5.75 Å². The quantitative estimate of drug-likeness (QED) is 0.726. The first-order valence-electron chi connectivity index (χ1n) is 5.93. The van der Waals surface area contributed by atoms with Crippen LogP contribution < -0.4 is 4.18 Å². The molecule has 0 aromatic heterocycles. The predicted octanol–water partition coefficient (Wildman–Crippen LogP) is 3.74. The Morgan fingerprint density at radius 3 is 1.62 bits per heavy atom. The molecule has 5 nitrogen and oxygen atoms in total. The van der Waals surface area contributed by atoms with Crippen LogP contribution in [0.15, 0.2) is 15.9 Å². The number of rotatable bonds is 3. The maximum atomic E-state index is 12.9. The zero-order valence-corrected chi connectivity index (χ0v) is 14.0. The topological polar surface area (TPSA) is 72.8 Å². The first-order chi connectivity index (χ1) is 10.5. The van der Waals surface area contributed by atoms with Crippen LogP contribution in [-0.2, 0) is 20.0 Å². The second-order valence-corrected chi connectivity index (χ2v) is 8.32.